The highest BCUT2D eigenvalue weighted by atomic mass is 16.5. The molecule has 0 radical (unpaired) electrons. The Hall–Kier alpha value is -2.93. The van der Waals surface area contributed by atoms with E-state index in [1.54, 1.807) is 7.11 Å². The Kier molecular flexibility index (Phi) is 5.36. The molecule has 31 heavy (non-hydrogen) atoms. The van der Waals surface area contributed by atoms with E-state index in [-0.39, 0.29) is 5.91 Å². The number of aryl methyl sites for hydroxylation is 1. The summed E-state index contributed by atoms with van der Waals surface area (Å²) in [6, 6.07) is 10.4. The van der Waals surface area contributed by atoms with Crippen LogP contribution < -0.4 is 10.1 Å². The molecule has 1 aliphatic heterocycles. The molecule has 1 saturated carbocycles. The van der Waals surface area contributed by atoms with Crippen LogP contribution in [0.25, 0.3) is 10.9 Å². The molecule has 2 aliphatic rings. The van der Waals surface area contributed by atoms with Crippen LogP contribution in [0.5, 0.6) is 5.75 Å². The fourth-order valence-electron chi connectivity index (χ4n) is 4.93. The van der Waals surface area contributed by atoms with Gasteiger partial charge in [-0.05, 0) is 25.0 Å². The van der Waals surface area contributed by atoms with E-state index in [0.29, 0.717) is 18.3 Å². The monoisotopic (exact) mass is 419 g/mol. The number of aromatic nitrogens is 3. The Labute approximate surface area is 182 Å². The van der Waals surface area contributed by atoms with Gasteiger partial charge in [0.1, 0.15) is 11.3 Å². The van der Waals surface area contributed by atoms with Gasteiger partial charge in [0.05, 0.1) is 12.8 Å². The topological polar surface area (TPSA) is 72.3 Å². The zero-order valence-electron chi connectivity index (χ0n) is 18.2. The molecular weight excluding hydrogens is 390 g/mol. The van der Waals surface area contributed by atoms with E-state index in [0.717, 1.165) is 60.3 Å². The first-order valence-electron chi connectivity index (χ1n) is 11.1. The molecule has 2 aromatic heterocycles. The Balaban J connectivity index is 1.35. The summed E-state index contributed by atoms with van der Waals surface area (Å²) in [5.74, 6) is 0.762. The van der Waals surface area contributed by atoms with Crippen LogP contribution in [-0.4, -0.2) is 45.3 Å². The van der Waals surface area contributed by atoms with E-state index >= 15 is 0 Å². The maximum absolute atomic E-state index is 12.9. The Morgan fingerprint density at radius 1 is 1.23 bits per heavy atom. The second kappa shape index (κ2) is 8.30. The van der Waals surface area contributed by atoms with E-state index in [1.165, 1.54) is 18.5 Å². The molecule has 0 bridgehead atoms. The fourth-order valence-corrected chi connectivity index (χ4v) is 4.93. The minimum atomic E-state index is -0.0285. The highest BCUT2D eigenvalue weighted by Crippen LogP contribution is 2.27. The van der Waals surface area contributed by atoms with Crippen LogP contribution in [0.15, 0.2) is 30.3 Å². The van der Waals surface area contributed by atoms with Gasteiger partial charge in [-0.2, -0.15) is 5.10 Å². The molecule has 1 N–H and O–H groups in total. The molecule has 7 heteroatoms. The zero-order valence-corrected chi connectivity index (χ0v) is 18.2. The molecule has 3 aromatic rings. The van der Waals surface area contributed by atoms with Gasteiger partial charge >= 0.3 is 0 Å². The van der Waals surface area contributed by atoms with Crippen molar-refractivity contribution in [2.75, 3.05) is 13.7 Å². The van der Waals surface area contributed by atoms with Gasteiger partial charge in [0.15, 0.2) is 5.69 Å². The summed E-state index contributed by atoms with van der Waals surface area (Å²) in [6.07, 6.45) is 5.42. The van der Waals surface area contributed by atoms with Gasteiger partial charge in [-0.25, -0.2) is 4.98 Å². The van der Waals surface area contributed by atoms with Crippen molar-refractivity contribution < 1.29 is 9.53 Å². The van der Waals surface area contributed by atoms with E-state index in [1.807, 2.05) is 29.9 Å². The quantitative estimate of drug-likeness (QED) is 0.688. The van der Waals surface area contributed by atoms with Crippen molar-refractivity contribution in [1.29, 1.82) is 0 Å². The molecule has 0 spiro atoms. The lowest BCUT2D eigenvalue weighted by molar-refractivity contribution is 0.0929. The summed E-state index contributed by atoms with van der Waals surface area (Å²) < 4.78 is 7.37. The van der Waals surface area contributed by atoms with E-state index in [9.17, 15) is 4.79 Å². The third-order valence-electron chi connectivity index (χ3n) is 6.57. The van der Waals surface area contributed by atoms with Crippen molar-refractivity contribution in [2.24, 2.45) is 7.05 Å². The van der Waals surface area contributed by atoms with Crippen LogP contribution in [0.3, 0.4) is 0 Å². The normalized spacial score (nSPS) is 17.1. The first-order chi connectivity index (χ1) is 15.1. The van der Waals surface area contributed by atoms with Crippen LogP contribution in [-0.2, 0) is 26.6 Å². The van der Waals surface area contributed by atoms with Gasteiger partial charge in [-0.1, -0.05) is 31.0 Å². The predicted molar refractivity (Wildman–Crippen MR) is 119 cm³/mol. The number of hydrogen-bond acceptors (Lipinski definition) is 5. The maximum atomic E-state index is 12.9. The van der Waals surface area contributed by atoms with Crippen molar-refractivity contribution in [3.63, 3.8) is 0 Å². The van der Waals surface area contributed by atoms with Gasteiger partial charge in [0, 0.05) is 55.8 Å². The van der Waals surface area contributed by atoms with Crippen LogP contribution >= 0.6 is 0 Å². The lowest BCUT2D eigenvalue weighted by atomic mass is 10.0. The number of fused-ring (bicyclic) bond motifs is 2. The van der Waals surface area contributed by atoms with Gasteiger partial charge in [0.2, 0.25) is 0 Å². The number of amides is 1. The van der Waals surface area contributed by atoms with Crippen molar-refractivity contribution in [3.8, 4) is 5.75 Å². The number of carbonyl (C=O) groups is 1. The molecule has 162 valence electrons. The number of methoxy groups -OCH3 is 1. The summed E-state index contributed by atoms with van der Waals surface area (Å²) in [5, 5.41) is 8.85. The van der Waals surface area contributed by atoms with Gasteiger partial charge in [0.25, 0.3) is 5.91 Å². The smallest absolute Gasteiger partial charge is 0.272 e. The van der Waals surface area contributed by atoms with Crippen molar-refractivity contribution in [3.05, 3.63) is 53.0 Å². The summed E-state index contributed by atoms with van der Waals surface area (Å²) in [6.45, 7) is 2.36. The second-order valence-corrected chi connectivity index (χ2v) is 8.65. The van der Waals surface area contributed by atoms with Gasteiger partial charge in [-0.15, -0.1) is 0 Å². The Morgan fingerprint density at radius 2 is 2.06 bits per heavy atom. The lowest BCUT2D eigenvalue weighted by Crippen LogP contribution is -2.35. The molecule has 0 atom stereocenters. The number of nitrogens with one attached hydrogen (secondary N) is 1. The maximum Gasteiger partial charge on any atom is 0.272 e. The van der Waals surface area contributed by atoms with Crippen molar-refractivity contribution in [2.45, 2.75) is 51.2 Å². The average Bonchev–Trinajstić information content (AvgIpc) is 3.41. The van der Waals surface area contributed by atoms with Crippen molar-refractivity contribution >= 4 is 16.8 Å². The molecule has 1 aliphatic carbocycles. The summed E-state index contributed by atoms with van der Waals surface area (Å²) in [5.41, 5.74) is 4.70. The number of pyridine rings is 1. The number of carbonyl (C=O) groups excluding carboxylic acids is 1. The fraction of sp³-hybridized carbons (Fsp3) is 0.458. The molecule has 1 fully saturated rings. The number of ether oxygens (including phenoxy) is 1. The average molecular weight is 420 g/mol. The summed E-state index contributed by atoms with van der Waals surface area (Å²) in [4.78, 5) is 20.1. The zero-order chi connectivity index (χ0) is 21.4. The largest absolute Gasteiger partial charge is 0.494 e. The number of hydrogen-bond donors (Lipinski definition) is 1. The van der Waals surface area contributed by atoms with Gasteiger partial charge < -0.3 is 10.1 Å². The Bertz CT molecular complexity index is 1120. The van der Waals surface area contributed by atoms with Crippen LogP contribution in [0.2, 0.25) is 0 Å². The van der Waals surface area contributed by atoms with E-state index in [2.05, 4.69) is 27.4 Å². The van der Waals surface area contributed by atoms with Crippen molar-refractivity contribution in [1.82, 2.24) is 25.0 Å². The summed E-state index contributed by atoms with van der Waals surface area (Å²) >= 11 is 0. The first kappa shape index (κ1) is 20.0. The van der Waals surface area contributed by atoms with E-state index in [4.69, 9.17) is 9.72 Å². The number of benzene rings is 1. The lowest BCUT2D eigenvalue weighted by Gasteiger charge is -2.27. The van der Waals surface area contributed by atoms with E-state index < -0.39 is 0 Å². The molecule has 1 amide bonds. The molecule has 0 saturated heterocycles. The molecule has 7 nitrogen and oxygen atoms in total. The second-order valence-electron chi connectivity index (χ2n) is 8.65. The number of nitrogens with zero attached hydrogens (tertiary/aromatic N) is 4. The molecule has 1 aromatic carbocycles. The number of para-hydroxylation sites is 1. The summed E-state index contributed by atoms with van der Waals surface area (Å²) in [7, 11) is 3.62. The third-order valence-corrected chi connectivity index (χ3v) is 6.57. The minimum Gasteiger partial charge on any atom is -0.494 e. The third kappa shape index (κ3) is 3.90. The van der Waals surface area contributed by atoms with Crippen LogP contribution in [0, 0.1) is 0 Å². The minimum absolute atomic E-state index is 0.0285. The first-order valence-corrected chi connectivity index (χ1v) is 11.1. The predicted octanol–water partition coefficient (Wildman–Crippen LogP) is 3.21. The standard InChI is InChI=1S/C24H29N5O2/c1-28-20-12-13-29(14-18-11-10-16-6-5-9-21(31-2)22(16)25-18)15-19(20)23(27-28)24(30)26-17-7-3-4-8-17/h5-6,9-11,17H,3-4,7-8,12-15H2,1-2H3,(H,26,30). The van der Waals surface area contributed by atoms with Gasteiger partial charge in [-0.3, -0.25) is 14.4 Å². The SMILES string of the molecule is COc1cccc2ccc(CN3CCc4c(c(C(=O)NC5CCCC5)nn4C)C3)nc12. The van der Waals surface area contributed by atoms with Crippen LogP contribution in [0.4, 0.5) is 0 Å². The highest BCUT2D eigenvalue weighted by Gasteiger charge is 2.29. The number of rotatable bonds is 5. The molecule has 0 unspecified atom stereocenters. The molecule has 5 rings (SSSR count). The Morgan fingerprint density at radius 3 is 2.87 bits per heavy atom. The molecular formula is C24H29N5O2. The molecule has 3 heterocycles. The van der Waals surface area contributed by atoms with Crippen LogP contribution in [0.1, 0.15) is 53.1 Å². The highest BCUT2D eigenvalue weighted by molar-refractivity contribution is 5.94.